The van der Waals surface area contributed by atoms with Crippen LogP contribution in [-0.4, -0.2) is 16.1 Å². The first kappa shape index (κ1) is 15.6. The second-order valence-electron chi connectivity index (χ2n) is 5.12. The van der Waals surface area contributed by atoms with E-state index in [0.29, 0.717) is 22.1 Å². The molecule has 3 aromatic rings. The second-order valence-corrected chi connectivity index (χ2v) is 6.62. The molecular weight excluding hydrogens is 330 g/mol. The first-order valence-corrected chi connectivity index (χ1v) is 8.24. The van der Waals surface area contributed by atoms with Crippen LogP contribution in [-0.2, 0) is 6.42 Å². The topological polar surface area (TPSA) is 54.9 Å². The summed E-state index contributed by atoms with van der Waals surface area (Å²) in [6.45, 7) is 1.98. The van der Waals surface area contributed by atoms with Crippen molar-refractivity contribution in [3.63, 3.8) is 0 Å². The van der Waals surface area contributed by atoms with Gasteiger partial charge in [0, 0.05) is 17.0 Å². The maximum absolute atomic E-state index is 12.1. The highest BCUT2D eigenvalue weighted by Gasteiger charge is 2.10. The zero-order chi connectivity index (χ0) is 16.2. The number of aromatic nitrogens is 2. The highest BCUT2D eigenvalue weighted by atomic mass is 35.5. The first-order valence-electron chi connectivity index (χ1n) is 7.05. The van der Waals surface area contributed by atoms with Crippen molar-refractivity contribution in [2.45, 2.75) is 13.3 Å². The lowest BCUT2D eigenvalue weighted by Gasteiger charge is -2.01. The number of carbonyl (C=O) groups is 1. The van der Waals surface area contributed by atoms with Crippen LogP contribution in [0.2, 0.25) is 5.02 Å². The van der Waals surface area contributed by atoms with E-state index < -0.39 is 0 Å². The van der Waals surface area contributed by atoms with Gasteiger partial charge in [-0.05, 0) is 36.8 Å². The zero-order valence-electron chi connectivity index (χ0n) is 12.4. The highest BCUT2D eigenvalue weighted by Crippen LogP contribution is 2.20. The van der Waals surface area contributed by atoms with E-state index in [1.165, 1.54) is 11.3 Å². The van der Waals surface area contributed by atoms with Gasteiger partial charge in [0.25, 0.3) is 5.91 Å². The predicted molar refractivity (Wildman–Crippen MR) is 93.3 cm³/mol. The van der Waals surface area contributed by atoms with Crippen LogP contribution in [0.15, 0.2) is 48.5 Å². The smallest absolute Gasteiger partial charge is 0.257 e. The van der Waals surface area contributed by atoms with Crippen molar-refractivity contribution in [3.05, 3.63) is 75.3 Å². The number of benzene rings is 2. The molecule has 0 fully saturated rings. The van der Waals surface area contributed by atoms with E-state index in [9.17, 15) is 4.79 Å². The fourth-order valence-corrected chi connectivity index (χ4v) is 2.92. The Morgan fingerprint density at radius 3 is 2.48 bits per heavy atom. The molecule has 0 aliphatic carbocycles. The van der Waals surface area contributed by atoms with Gasteiger partial charge in [0.15, 0.2) is 0 Å². The molecular formula is C17H14ClN3OS. The minimum absolute atomic E-state index is 0.181. The minimum Gasteiger partial charge on any atom is -0.296 e. The summed E-state index contributed by atoms with van der Waals surface area (Å²) < 4.78 is 0. The normalized spacial score (nSPS) is 10.5. The van der Waals surface area contributed by atoms with Gasteiger partial charge < -0.3 is 0 Å². The summed E-state index contributed by atoms with van der Waals surface area (Å²) in [5.41, 5.74) is 2.81. The summed E-state index contributed by atoms with van der Waals surface area (Å²) in [7, 11) is 0. The number of nitrogens with one attached hydrogen (secondary N) is 1. The van der Waals surface area contributed by atoms with Crippen molar-refractivity contribution in [1.82, 2.24) is 10.2 Å². The molecule has 0 atom stereocenters. The Morgan fingerprint density at radius 1 is 1.09 bits per heavy atom. The predicted octanol–water partition coefficient (Wildman–Crippen LogP) is 4.34. The summed E-state index contributed by atoms with van der Waals surface area (Å²) >= 11 is 7.24. The molecule has 4 nitrogen and oxygen atoms in total. The molecule has 2 aromatic carbocycles. The SMILES string of the molecule is Cc1ccc(C(=O)Nc2nnc(Cc3ccc(Cl)cc3)s2)cc1. The van der Waals surface area contributed by atoms with Crippen LogP contribution in [0.4, 0.5) is 5.13 Å². The standard InChI is InChI=1S/C17H14ClN3OS/c1-11-2-6-13(7-3-11)16(22)19-17-21-20-15(23-17)10-12-4-8-14(18)9-5-12/h2-9H,10H2,1H3,(H,19,21,22). The van der Waals surface area contributed by atoms with Gasteiger partial charge in [0.1, 0.15) is 5.01 Å². The largest absolute Gasteiger partial charge is 0.296 e. The van der Waals surface area contributed by atoms with Crippen LogP contribution in [0.1, 0.15) is 26.5 Å². The molecule has 1 aromatic heterocycles. The number of nitrogens with zero attached hydrogens (tertiary/aromatic N) is 2. The molecule has 0 spiro atoms. The van der Waals surface area contributed by atoms with E-state index in [1.54, 1.807) is 12.1 Å². The van der Waals surface area contributed by atoms with E-state index in [1.807, 2.05) is 43.3 Å². The summed E-state index contributed by atoms with van der Waals surface area (Å²) in [4.78, 5) is 12.1. The van der Waals surface area contributed by atoms with Crippen LogP contribution in [0.3, 0.4) is 0 Å². The third-order valence-electron chi connectivity index (χ3n) is 3.27. The number of carbonyl (C=O) groups excluding carboxylic acids is 1. The van der Waals surface area contributed by atoms with E-state index >= 15 is 0 Å². The molecule has 6 heteroatoms. The minimum atomic E-state index is -0.181. The summed E-state index contributed by atoms with van der Waals surface area (Å²) in [5.74, 6) is -0.181. The maximum atomic E-state index is 12.1. The zero-order valence-corrected chi connectivity index (χ0v) is 14.0. The third kappa shape index (κ3) is 4.15. The van der Waals surface area contributed by atoms with Gasteiger partial charge in [-0.25, -0.2) is 0 Å². The Bertz CT molecular complexity index is 813. The molecule has 1 amide bonds. The van der Waals surface area contributed by atoms with Crippen LogP contribution in [0, 0.1) is 6.92 Å². The van der Waals surface area contributed by atoms with Crippen molar-refractivity contribution < 1.29 is 4.79 Å². The lowest BCUT2D eigenvalue weighted by Crippen LogP contribution is -2.11. The third-order valence-corrected chi connectivity index (χ3v) is 4.36. The van der Waals surface area contributed by atoms with Crippen molar-refractivity contribution >= 4 is 34.0 Å². The van der Waals surface area contributed by atoms with Gasteiger partial charge >= 0.3 is 0 Å². The number of amides is 1. The number of hydrogen-bond acceptors (Lipinski definition) is 4. The van der Waals surface area contributed by atoms with Gasteiger partial charge in [-0.2, -0.15) is 0 Å². The molecule has 116 valence electrons. The van der Waals surface area contributed by atoms with Crippen LogP contribution in [0.25, 0.3) is 0 Å². The summed E-state index contributed by atoms with van der Waals surface area (Å²) in [6, 6.07) is 15.0. The number of aryl methyl sites for hydroxylation is 1. The summed E-state index contributed by atoms with van der Waals surface area (Å²) in [5, 5.41) is 13.0. The quantitative estimate of drug-likeness (QED) is 0.766. The van der Waals surface area contributed by atoms with Crippen molar-refractivity contribution in [2.24, 2.45) is 0 Å². The van der Waals surface area contributed by atoms with Crippen LogP contribution >= 0.6 is 22.9 Å². The number of hydrogen-bond donors (Lipinski definition) is 1. The number of rotatable bonds is 4. The van der Waals surface area contributed by atoms with Gasteiger partial charge in [-0.1, -0.05) is 52.8 Å². The fraction of sp³-hybridized carbons (Fsp3) is 0.118. The molecule has 0 aliphatic heterocycles. The Labute approximate surface area is 143 Å². The number of anilines is 1. The molecule has 0 radical (unpaired) electrons. The van der Waals surface area contributed by atoms with Gasteiger partial charge in [0.2, 0.25) is 5.13 Å². The average molecular weight is 344 g/mol. The Kier molecular flexibility index (Phi) is 4.69. The van der Waals surface area contributed by atoms with Crippen LogP contribution < -0.4 is 5.32 Å². The second kappa shape index (κ2) is 6.89. The van der Waals surface area contributed by atoms with Crippen molar-refractivity contribution in [2.75, 3.05) is 5.32 Å². The number of halogens is 1. The highest BCUT2D eigenvalue weighted by molar-refractivity contribution is 7.15. The van der Waals surface area contributed by atoms with Crippen molar-refractivity contribution in [1.29, 1.82) is 0 Å². The lowest BCUT2D eigenvalue weighted by atomic mass is 10.1. The Balaban J connectivity index is 1.66. The molecule has 1 heterocycles. The van der Waals surface area contributed by atoms with E-state index in [0.717, 1.165) is 16.1 Å². The molecule has 0 unspecified atom stereocenters. The Morgan fingerprint density at radius 2 is 1.78 bits per heavy atom. The first-order chi connectivity index (χ1) is 11.1. The molecule has 3 rings (SSSR count). The molecule has 0 saturated carbocycles. The molecule has 23 heavy (non-hydrogen) atoms. The van der Waals surface area contributed by atoms with Crippen LogP contribution in [0.5, 0.6) is 0 Å². The maximum Gasteiger partial charge on any atom is 0.257 e. The molecule has 0 saturated heterocycles. The molecule has 1 N–H and O–H groups in total. The lowest BCUT2D eigenvalue weighted by molar-refractivity contribution is 0.102. The molecule has 0 aliphatic rings. The fourth-order valence-electron chi connectivity index (χ4n) is 2.03. The van der Waals surface area contributed by atoms with E-state index in [4.69, 9.17) is 11.6 Å². The van der Waals surface area contributed by atoms with E-state index in [2.05, 4.69) is 15.5 Å². The van der Waals surface area contributed by atoms with E-state index in [-0.39, 0.29) is 5.91 Å². The van der Waals surface area contributed by atoms with Crippen molar-refractivity contribution in [3.8, 4) is 0 Å². The monoisotopic (exact) mass is 343 g/mol. The van der Waals surface area contributed by atoms with Gasteiger partial charge in [-0.3, -0.25) is 10.1 Å². The molecule has 0 bridgehead atoms. The van der Waals surface area contributed by atoms with Gasteiger partial charge in [-0.15, -0.1) is 10.2 Å². The average Bonchev–Trinajstić information content (AvgIpc) is 2.97. The summed E-state index contributed by atoms with van der Waals surface area (Å²) in [6.07, 6.45) is 0.662. The Hall–Kier alpha value is -2.24. The van der Waals surface area contributed by atoms with Gasteiger partial charge in [0.05, 0.1) is 0 Å².